The minimum atomic E-state index is -0.270. The average molecular weight is 328 g/mol. The van der Waals surface area contributed by atoms with Gasteiger partial charge >= 0.3 is 0 Å². The van der Waals surface area contributed by atoms with Gasteiger partial charge in [0, 0.05) is 7.05 Å². The Labute approximate surface area is 143 Å². The second-order valence-corrected chi connectivity index (χ2v) is 5.35. The van der Waals surface area contributed by atoms with Gasteiger partial charge in [-0.05, 0) is 32.4 Å². The summed E-state index contributed by atoms with van der Waals surface area (Å²) in [7, 11) is 4.50. The molecule has 0 bridgehead atoms. The van der Waals surface area contributed by atoms with Gasteiger partial charge in [0.2, 0.25) is 0 Å². The molecule has 136 valence electrons. The maximum absolute atomic E-state index is 12.1. The minimum Gasteiger partial charge on any atom is -0.496 e. The first kappa shape index (κ1) is 26.4. The Morgan fingerprint density at radius 3 is 1.65 bits per heavy atom. The van der Waals surface area contributed by atoms with E-state index in [-0.39, 0.29) is 5.91 Å². The summed E-state index contributed by atoms with van der Waals surface area (Å²) >= 11 is 0. The number of amides is 1. The summed E-state index contributed by atoms with van der Waals surface area (Å²) in [5.74, 6) is 0.202. The molecule has 0 aromatic carbocycles. The molecule has 0 rings (SSSR count). The Morgan fingerprint density at radius 1 is 1.04 bits per heavy atom. The highest BCUT2D eigenvalue weighted by Crippen LogP contribution is 2.18. The molecule has 0 heterocycles. The highest BCUT2D eigenvalue weighted by atomic mass is 16.7. The van der Waals surface area contributed by atoms with Crippen molar-refractivity contribution in [2.45, 2.75) is 61.3 Å². The molecule has 0 unspecified atom stereocenters. The molecule has 0 aliphatic carbocycles. The van der Waals surface area contributed by atoms with Crippen LogP contribution in [0.5, 0.6) is 0 Å². The molecule has 23 heavy (non-hydrogen) atoms. The maximum atomic E-state index is 12.1. The van der Waals surface area contributed by atoms with E-state index in [0.717, 1.165) is 10.6 Å². The van der Waals surface area contributed by atoms with E-state index in [1.807, 2.05) is 13.8 Å². The molecule has 0 saturated heterocycles. The van der Waals surface area contributed by atoms with E-state index in [1.54, 1.807) is 20.0 Å². The van der Waals surface area contributed by atoms with Gasteiger partial charge in [0.1, 0.15) is 5.76 Å². The molecule has 4 heteroatoms. The van der Waals surface area contributed by atoms with Gasteiger partial charge in [-0.25, -0.2) is 5.06 Å². The molecule has 4 nitrogen and oxygen atoms in total. The number of hydrogen-bond acceptors (Lipinski definition) is 3. The van der Waals surface area contributed by atoms with Crippen molar-refractivity contribution in [1.82, 2.24) is 5.06 Å². The molecule has 0 atom stereocenters. The molecule has 0 aliphatic heterocycles. The number of methoxy groups -OCH3 is 1. The number of hydroxylamine groups is 2. The zero-order chi connectivity index (χ0) is 19.0. The summed E-state index contributed by atoms with van der Waals surface area (Å²) in [4.78, 5) is 17.0. The van der Waals surface area contributed by atoms with E-state index in [0.29, 0.717) is 16.9 Å². The fourth-order valence-corrected chi connectivity index (χ4v) is 1.28. The highest BCUT2D eigenvalue weighted by Gasteiger charge is 2.18. The fourth-order valence-electron chi connectivity index (χ4n) is 1.28. The standard InChI is InChI=1S/C13H21NO3.2C3H8/c1-9(2)8-11(12(16-6)10(3)4)13(15)14(5)17-7;2*1-3-2/h8H,3H2,1-2,4-7H3;2*3H2,1-2H3/b12-11-;;. The van der Waals surface area contributed by atoms with Crippen LogP contribution in [-0.4, -0.2) is 32.2 Å². The Morgan fingerprint density at radius 2 is 1.43 bits per heavy atom. The van der Waals surface area contributed by atoms with Crippen LogP contribution in [0.4, 0.5) is 0 Å². The predicted molar refractivity (Wildman–Crippen MR) is 100.0 cm³/mol. The lowest BCUT2D eigenvalue weighted by molar-refractivity contribution is -0.163. The van der Waals surface area contributed by atoms with Gasteiger partial charge in [0.25, 0.3) is 5.91 Å². The van der Waals surface area contributed by atoms with Gasteiger partial charge < -0.3 is 4.74 Å². The quantitative estimate of drug-likeness (QED) is 0.298. The molecule has 0 aromatic rings. The zero-order valence-corrected chi connectivity index (χ0v) is 16.9. The van der Waals surface area contributed by atoms with Crippen LogP contribution in [0.1, 0.15) is 61.3 Å². The second-order valence-electron chi connectivity index (χ2n) is 5.35. The Hall–Kier alpha value is -1.55. The van der Waals surface area contributed by atoms with E-state index >= 15 is 0 Å². The first-order valence-electron chi connectivity index (χ1n) is 8.09. The number of allylic oxidation sites excluding steroid dienone is 2. The van der Waals surface area contributed by atoms with Crippen molar-refractivity contribution in [3.8, 4) is 0 Å². The predicted octanol–water partition coefficient (Wildman–Crippen LogP) is 5.28. The van der Waals surface area contributed by atoms with Gasteiger partial charge in [-0.15, -0.1) is 0 Å². The van der Waals surface area contributed by atoms with Crippen LogP contribution in [0.15, 0.2) is 35.1 Å². The summed E-state index contributed by atoms with van der Waals surface area (Å²) in [6.07, 6.45) is 4.26. The van der Waals surface area contributed by atoms with Crippen molar-refractivity contribution in [1.29, 1.82) is 0 Å². The van der Waals surface area contributed by atoms with E-state index in [1.165, 1.54) is 27.1 Å². The largest absolute Gasteiger partial charge is 0.496 e. The fraction of sp³-hybridized carbons (Fsp3) is 0.632. The molecule has 0 spiro atoms. The number of carbonyl (C=O) groups excluding carboxylic acids is 1. The summed E-state index contributed by atoms with van der Waals surface area (Å²) in [5, 5.41) is 1.15. The first-order valence-corrected chi connectivity index (χ1v) is 8.09. The van der Waals surface area contributed by atoms with Crippen molar-refractivity contribution in [3.05, 3.63) is 35.1 Å². The van der Waals surface area contributed by atoms with E-state index < -0.39 is 0 Å². The molecule has 0 aromatic heterocycles. The molecular weight excluding hydrogens is 290 g/mol. The molecular formula is C19H37NO3. The summed E-state index contributed by atoms with van der Waals surface area (Å²) in [5.41, 5.74) is 2.12. The van der Waals surface area contributed by atoms with Crippen LogP contribution in [0, 0.1) is 0 Å². The lowest BCUT2D eigenvalue weighted by atomic mass is 10.1. The number of nitrogens with zero attached hydrogens (tertiary/aromatic N) is 1. The van der Waals surface area contributed by atoms with Crippen molar-refractivity contribution in [3.63, 3.8) is 0 Å². The third-order valence-electron chi connectivity index (χ3n) is 2.06. The highest BCUT2D eigenvalue weighted by molar-refractivity contribution is 5.96. The lowest BCUT2D eigenvalue weighted by Crippen LogP contribution is -2.27. The molecule has 0 fully saturated rings. The number of carbonyl (C=O) groups is 1. The van der Waals surface area contributed by atoms with Gasteiger partial charge in [-0.2, -0.15) is 0 Å². The number of likely N-dealkylation sites (N-methyl/N-ethyl adjacent to an activating group) is 1. The van der Waals surface area contributed by atoms with E-state index in [2.05, 4.69) is 34.3 Å². The third-order valence-corrected chi connectivity index (χ3v) is 2.06. The smallest absolute Gasteiger partial charge is 0.280 e. The van der Waals surface area contributed by atoms with Crippen molar-refractivity contribution < 1.29 is 14.4 Å². The summed E-state index contributed by atoms with van der Waals surface area (Å²) in [6.45, 7) is 17.9. The number of ether oxygens (including phenoxy) is 1. The van der Waals surface area contributed by atoms with E-state index in [9.17, 15) is 4.79 Å². The topological polar surface area (TPSA) is 38.8 Å². The van der Waals surface area contributed by atoms with Crippen LogP contribution in [0.2, 0.25) is 0 Å². The van der Waals surface area contributed by atoms with Crippen LogP contribution < -0.4 is 0 Å². The molecule has 1 amide bonds. The Bertz CT molecular complexity index is 389. The van der Waals surface area contributed by atoms with E-state index in [4.69, 9.17) is 9.57 Å². The van der Waals surface area contributed by atoms with Gasteiger partial charge in [-0.3, -0.25) is 9.63 Å². The SMILES string of the molecule is C=C(C)/C(OC)=C(\C=C(C)C)C(=O)N(C)OC.CCC.CCC. The third kappa shape index (κ3) is 13.8. The van der Waals surface area contributed by atoms with Crippen molar-refractivity contribution >= 4 is 5.91 Å². The zero-order valence-electron chi connectivity index (χ0n) is 16.9. The second kappa shape index (κ2) is 16.8. The Balaban J connectivity index is -0.000000573. The Kier molecular flexibility index (Phi) is 19.3. The molecule has 0 N–H and O–H groups in total. The van der Waals surface area contributed by atoms with Crippen LogP contribution in [-0.2, 0) is 14.4 Å². The molecule has 0 aliphatic rings. The lowest BCUT2D eigenvalue weighted by Gasteiger charge is -2.17. The molecule has 0 saturated carbocycles. The normalized spacial score (nSPS) is 10.0. The van der Waals surface area contributed by atoms with Gasteiger partial charge in [0.15, 0.2) is 0 Å². The minimum absolute atomic E-state index is 0.270. The van der Waals surface area contributed by atoms with Gasteiger partial charge in [0.05, 0.1) is 19.8 Å². The monoisotopic (exact) mass is 327 g/mol. The van der Waals surface area contributed by atoms with Crippen molar-refractivity contribution in [2.24, 2.45) is 0 Å². The summed E-state index contributed by atoms with van der Waals surface area (Å²) in [6, 6.07) is 0. The first-order chi connectivity index (χ1) is 10.7. The van der Waals surface area contributed by atoms with Crippen LogP contribution >= 0.6 is 0 Å². The maximum Gasteiger partial charge on any atom is 0.280 e. The van der Waals surface area contributed by atoms with Crippen LogP contribution in [0.25, 0.3) is 0 Å². The van der Waals surface area contributed by atoms with Crippen LogP contribution in [0.3, 0.4) is 0 Å². The van der Waals surface area contributed by atoms with Crippen molar-refractivity contribution in [2.75, 3.05) is 21.3 Å². The molecule has 0 radical (unpaired) electrons. The summed E-state index contributed by atoms with van der Waals surface area (Å²) < 4.78 is 5.22. The number of rotatable bonds is 5. The van der Waals surface area contributed by atoms with Gasteiger partial charge in [-0.1, -0.05) is 52.7 Å². The number of hydrogen-bond donors (Lipinski definition) is 0. The average Bonchev–Trinajstić information content (AvgIpc) is 2.46.